The Morgan fingerprint density at radius 1 is 0.603 bits per heavy atom. The number of carbonyl (C=O) groups excluding carboxylic acids is 2. The first-order valence-electron chi connectivity index (χ1n) is 21.5. The van der Waals surface area contributed by atoms with Crippen molar-refractivity contribution in [2.45, 2.75) is 148 Å². The van der Waals surface area contributed by atoms with Gasteiger partial charge in [-0.2, -0.15) is 0 Å². The monoisotopic (exact) mass is 830 g/mol. The van der Waals surface area contributed by atoms with Crippen LogP contribution in [-0.2, 0) is 32.7 Å². The van der Waals surface area contributed by atoms with Crippen molar-refractivity contribution in [3.8, 4) is 0 Å². The fourth-order valence-corrected chi connectivity index (χ4v) is 5.78. The summed E-state index contributed by atoms with van der Waals surface area (Å²) in [6.07, 6.45) is 51.8. The van der Waals surface area contributed by atoms with E-state index in [2.05, 4.69) is 74.6 Å². The van der Waals surface area contributed by atoms with Gasteiger partial charge in [0.05, 0.1) is 19.3 Å². The molecule has 0 aliphatic rings. The Balaban J connectivity index is 4.45. The summed E-state index contributed by atoms with van der Waals surface area (Å²) in [6, 6.07) is 0. The van der Waals surface area contributed by atoms with E-state index < -0.39 is 32.5 Å². The van der Waals surface area contributed by atoms with Crippen molar-refractivity contribution in [1.82, 2.24) is 0 Å². The maximum absolute atomic E-state index is 12.5. The van der Waals surface area contributed by atoms with E-state index in [9.17, 15) is 24.2 Å². The minimum atomic E-state index is -4.43. The number of allylic oxidation sites excluding steroid dienone is 17. The van der Waals surface area contributed by atoms with Crippen LogP contribution >= 0.6 is 7.82 Å². The first-order chi connectivity index (χ1) is 28.2. The lowest BCUT2D eigenvalue weighted by Gasteiger charge is -2.19. The van der Waals surface area contributed by atoms with Crippen LogP contribution in [0.15, 0.2) is 109 Å². The van der Waals surface area contributed by atoms with Gasteiger partial charge in [-0.1, -0.05) is 155 Å². The number of unbranched alkanes of at least 4 members (excludes halogenated alkanes) is 6. The molecule has 0 rings (SSSR count). The van der Waals surface area contributed by atoms with Crippen LogP contribution in [0.5, 0.6) is 0 Å². The van der Waals surface area contributed by atoms with Gasteiger partial charge in [0.2, 0.25) is 0 Å². The summed E-state index contributed by atoms with van der Waals surface area (Å²) in [4.78, 5) is 34.8. The summed E-state index contributed by atoms with van der Waals surface area (Å²) in [5, 5.41) is 9.89. The van der Waals surface area contributed by atoms with Crippen molar-refractivity contribution >= 4 is 19.8 Å². The maximum Gasteiger partial charge on any atom is 0.472 e. The molecular formula is C47H76NO9P. The highest BCUT2D eigenvalue weighted by Gasteiger charge is 2.25. The number of hydrogen-bond acceptors (Lipinski definition) is 9. The van der Waals surface area contributed by atoms with Crippen LogP contribution in [0, 0.1) is 0 Å². The highest BCUT2D eigenvalue weighted by Crippen LogP contribution is 2.43. The van der Waals surface area contributed by atoms with E-state index in [1.807, 2.05) is 48.6 Å². The van der Waals surface area contributed by atoms with Crippen molar-refractivity contribution in [3.63, 3.8) is 0 Å². The van der Waals surface area contributed by atoms with Crippen LogP contribution in [-0.4, -0.2) is 60.5 Å². The molecule has 0 saturated carbocycles. The summed E-state index contributed by atoms with van der Waals surface area (Å²) in [5.41, 5.74) is 5.33. The number of aliphatic hydroxyl groups is 1. The quantitative estimate of drug-likeness (QED) is 0.0180. The predicted octanol–water partition coefficient (Wildman–Crippen LogP) is 11.4. The van der Waals surface area contributed by atoms with Crippen LogP contribution in [0.25, 0.3) is 0 Å². The zero-order valence-corrected chi connectivity index (χ0v) is 36.5. The maximum atomic E-state index is 12.5. The second-order valence-corrected chi connectivity index (χ2v) is 15.2. The minimum Gasteiger partial charge on any atom is -0.462 e. The third-order valence-corrected chi connectivity index (χ3v) is 9.23. The highest BCUT2D eigenvalue weighted by atomic mass is 31.2. The summed E-state index contributed by atoms with van der Waals surface area (Å²) in [7, 11) is -4.43. The van der Waals surface area contributed by atoms with Gasteiger partial charge in [-0.3, -0.25) is 18.6 Å². The van der Waals surface area contributed by atoms with Crippen LogP contribution < -0.4 is 5.73 Å². The molecule has 3 atom stereocenters. The molecular weight excluding hydrogens is 753 g/mol. The van der Waals surface area contributed by atoms with Crippen molar-refractivity contribution in [1.29, 1.82) is 0 Å². The Labute approximate surface area is 351 Å². The fraction of sp³-hybridized carbons (Fsp3) is 0.574. The standard InChI is InChI=1S/C47H76NO9P/c1-3-5-7-8-9-10-11-12-13-14-15-16-17-18-21-25-28-31-35-39-47(51)57-45(43-56-58(52,53)55-41-40-48)42-54-46(50)38-34-30-27-24-22-19-20-23-26-29-33-37-44(49)36-32-6-4-2/h9-10,12-13,15-16,18-21,24,26-29,31,33,37,44-45,49H,3-8,11,14,17,22-23,25,30,32,34-36,38-43,48H2,1-2H3,(H,52,53)/b10-9-,13-12-,16-15-,20-19-,21-18-,27-24-,29-26-,31-28-,37-33+/t44-,45-/m1/s1. The van der Waals surface area contributed by atoms with Gasteiger partial charge in [-0.15, -0.1) is 0 Å². The number of rotatable bonds is 38. The Kier molecular flexibility index (Phi) is 39.4. The Morgan fingerprint density at radius 2 is 1.12 bits per heavy atom. The molecule has 0 aromatic carbocycles. The van der Waals surface area contributed by atoms with E-state index in [1.54, 1.807) is 0 Å². The normalized spacial score (nSPS) is 14.9. The van der Waals surface area contributed by atoms with Gasteiger partial charge in [0, 0.05) is 19.4 Å². The average Bonchev–Trinajstić information content (AvgIpc) is 3.20. The van der Waals surface area contributed by atoms with E-state index in [4.69, 9.17) is 24.3 Å². The molecule has 0 fully saturated rings. The summed E-state index contributed by atoms with van der Waals surface area (Å²) < 4.78 is 32.6. The molecule has 10 nitrogen and oxygen atoms in total. The van der Waals surface area contributed by atoms with E-state index in [0.717, 1.165) is 64.2 Å². The van der Waals surface area contributed by atoms with Crippen LogP contribution in [0.2, 0.25) is 0 Å². The van der Waals surface area contributed by atoms with Gasteiger partial charge in [-0.05, 0) is 77.0 Å². The number of phosphoric ester groups is 1. The number of nitrogens with two attached hydrogens (primary N) is 1. The smallest absolute Gasteiger partial charge is 0.462 e. The van der Waals surface area contributed by atoms with Crippen molar-refractivity contribution in [2.24, 2.45) is 5.73 Å². The van der Waals surface area contributed by atoms with E-state index >= 15 is 0 Å². The molecule has 0 aliphatic carbocycles. The SMILES string of the molecule is CCCCC/C=C\C/C=C\C/C=C\C/C=C\C/C=C\CCC(=O)O[C@H](COC(=O)CCC/C=C\C/C=C\C/C=C\C=C\[C@H](O)CCCCC)COP(=O)(O)OCCN. The number of phosphoric acid groups is 1. The molecule has 11 heteroatoms. The zero-order valence-electron chi connectivity index (χ0n) is 35.6. The molecule has 0 heterocycles. The topological polar surface area (TPSA) is 155 Å². The summed E-state index contributed by atoms with van der Waals surface area (Å²) >= 11 is 0. The zero-order chi connectivity index (χ0) is 42.6. The number of ether oxygens (including phenoxy) is 2. The van der Waals surface area contributed by atoms with Crippen LogP contribution in [0.4, 0.5) is 0 Å². The van der Waals surface area contributed by atoms with Gasteiger partial charge < -0.3 is 25.2 Å². The number of hydrogen-bond donors (Lipinski definition) is 3. The molecule has 0 saturated heterocycles. The van der Waals surface area contributed by atoms with Gasteiger partial charge in [0.15, 0.2) is 6.10 Å². The first-order valence-corrected chi connectivity index (χ1v) is 23.0. The number of carbonyl (C=O) groups is 2. The van der Waals surface area contributed by atoms with Gasteiger partial charge in [-0.25, -0.2) is 4.57 Å². The third kappa shape index (κ3) is 40.8. The molecule has 4 N–H and O–H groups in total. The molecule has 1 unspecified atom stereocenters. The van der Waals surface area contributed by atoms with E-state index in [1.165, 1.54) is 25.7 Å². The lowest BCUT2D eigenvalue weighted by molar-refractivity contribution is -0.161. The largest absolute Gasteiger partial charge is 0.472 e. The number of aliphatic hydroxyl groups excluding tert-OH is 1. The first kappa shape index (κ1) is 54.6. The van der Waals surface area contributed by atoms with Gasteiger partial charge in [0.1, 0.15) is 6.61 Å². The molecule has 328 valence electrons. The molecule has 0 aromatic heterocycles. The molecule has 0 bridgehead atoms. The summed E-state index contributed by atoms with van der Waals surface area (Å²) in [6.45, 7) is 3.38. The average molecular weight is 830 g/mol. The Morgan fingerprint density at radius 3 is 1.69 bits per heavy atom. The summed E-state index contributed by atoms with van der Waals surface area (Å²) in [5.74, 6) is -1.03. The van der Waals surface area contributed by atoms with E-state index in [-0.39, 0.29) is 38.7 Å². The second-order valence-electron chi connectivity index (χ2n) is 13.7. The lowest BCUT2D eigenvalue weighted by Crippen LogP contribution is -2.29. The highest BCUT2D eigenvalue weighted by molar-refractivity contribution is 7.47. The predicted molar refractivity (Wildman–Crippen MR) is 239 cm³/mol. The van der Waals surface area contributed by atoms with Gasteiger partial charge in [0.25, 0.3) is 0 Å². The second kappa shape index (κ2) is 41.8. The third-order valence-electron chi connectivity index (χ3n) is 8.25. The van der Waals surface area contributed by atoms with E-state index in [0.29, 0.717) is 19.3 Å². The molecule has 58 heavy (non-hydrogen) atoms. The van der Waals surface area contributed by atoms with Crippen molar-refractivity contribution < 1.29 is 42.7 Å². The molecule has 0 spiro atoms. The fourth-order valence-electron chi connectivity index (χ4n) is 5.01. The van der Waals surface area contributed by atoms with Crippen LogP contribution in [0.1, 0.15) is 136 Å². The Bertz CT molecular complexity index is 1330. The molecule has 0 aliphatic heterocycles. The lowest BCUT2D eigenvalue weighted by atomic mass is 10.1. The number of esters is 2. The Hall–Kier alpha value is -3.37. The molecule has 0 amide bonds. The van der Waals surface area contributed by atoms with Crippen molar-refractivity contribution in [2.75, 3.05) is 26.4 Å². The molecule has 0 aromatic rings. The van der Waals surface area contributed by atoms with Crippen molar-refractivity contribution in [3.05, 3.63) is 109 Å². The molecule has 0 radical (unpaired) electrons. The van der Waals surface area contributed by atoms with Gasteiger partial charge >= 0.3 is 19.8 Å². The van der Waals surface area contributed by atoms with Crippen LogP contribution in [0.3, 0.4) is 0 Å². The minimum absolute atomic E-state index is 0.0216.